The molecule has 2 aromatic carbocycles. The Morgan fingerprint density at radius 1 is 1.20 bits per heavy atom. The van der Waals surface area contributed by atoms with Crippen LogP contribution in [0.5, 0.6) is 0 Å². The van der Waals surface area contributed by atoms with Crippen molar-refractivity contribution in [2.24, 2.45) is 0 Å². The summed E-state index contributed by atoms with van der Waals surface area (Å²) in [6, 6.07) is 14.8. The highest BCUT2D eigenvalue weighted by Crippen LogP contribution is 2.23. The molecule has 1 unspecified atom stereocenters. The number of nitrogens with zero attached hydrogens (tertiary/aromatic N) is 1. The summed E-state index contributed by atoms with van der Waals surface area (Å²) < 4.78 is 0. The van der Waals surface area contributed by atoms with Crippen LogP contribution in [-0.4, -0.2) is 17.9 Å². The third-order valence-corrected chi connectivity index (χ3v) is 3.77. The number of nitrogen functional groups attached to an aromatic ring is 1. The Hall–Kier alpha value is -2.00. The zero-order chi connectivity index (χ0) is 14.7. The van der Waals surface area contributed by atoms with Crippen molar-refractivity contribution in [1.82, 2.24) is 4.90 Å². The molecule has 0 fully saturated rings. The van der Waals surface area contributed by atoms with E-state index < -0.39 is 0 Å². The molecule has 0 spiro atoms. The maximum atomic E-state index is 12.5. The van der Waals surface area contributed by atoms with E-state index in [1.54, 1.807) is 30.1 Å². The van der Waals surface area contributed by atoms with Crippen molar-refractivity contribution in [1.29, 1.82) is 0 Å². The lowest BCUT2D eigenvalue weighted by Gasteiger charge is -2.25. The van der Waals surface area contributed by atoms with E-state index in [4.69, 9.17) is 17.3 Å². The standard InChI is InChI=1S/C16H17ClN2O/c1-11(12-6-4-3-5-7-12)19(2)16(20)13-8-9-14(17)15(18)10-13/h3-11H,18H2,1-2H3. The average molecular weight is 289 g/mol. The minimum absolute atomic E-state index is 0.0133. The summed E-state index contributed by atoms with van der Waals surface area (Å²) in [5.41, 5.74) is 7.79. The minimum Gasteiger partial charge on any atom is -0.398 e. The van der Waals surface area contributed by atoms with Crippen LogP contribution in [0.4, 0.5) is 5.69 Å². The van der Waals surface area contributed by atoms with Gasteiger partial charge >= 0.3 is 0 Å². The molecule has 0 heterocycles. The summed E-state index contributed by atoms with van der Waals surface area (Å²) in [4.78, 5) is 14.1. The summed E-state index contributed by atoms with van der Waals surface area (Å²) in [5, 5.41) is 0.459. The molecule has 2 rings (SSSR count). The Labute approximate surface area is 124 Å². The monoisotopic (exact) mass is 288 g/mol. The smallest absolute Gasteiger partial charge is 0.254 e. The molecule has 0 saturated heterocycles. The van der Waals surface area contributed by atoms with E-state index in [1.165, 1.54) is 0 Å². The first-order valence-corrected chi connectivity index (χ1v) is 6.75. The summed E-state index contributed by atoms with van der Waals surface area (Å²) in [7, 11) is 1.78. The van der Waals surface area contributed by atoms with Gasteiger partial charge in [0.2, 0.25) is 0 Å². The van der Waals surface area contributed by atoms with Gasteiger partial charge < -0.3 is 10.6 Å². The lowest BCUT2D eigenvalue weighted by molar-refractivity contribution is 0.0742. The largest absolute Gasteiger partial charge is 0.398 e. The van der Waals surface area contributed by atoms with Gasteiger partial charge in [-0.15, -0.1) is 0 Å². The quantitative estimate of drug-likeness (QED) is 0.874. The number of anilines is 1. The molecule has 0 aliphatic rings. The highest BCUT2D eigenvalue weighted by atomic mass is 35.5. The number of rotatable bonds is 3. The van der Waals surface area contributed by atoms with Crippen molar-refractivity contribution in [3.8, 4) is 0 Å². The Balaban J connectivity index is 2.22. The van der Waals surface area contributed by atoms with Gasteiger partial charge in [0.05, 0.1) is 16.8 Å². The third-order valence-electron chi connectivity index (χ3n) is 3.43. The number of benzene rings is 2. The molecule has 0 aliphatic carbocycles. The Morgan fingerprint density at radius 3 is 2.45 bits per heavy atom. The zero-order valence-corrected chi connectivity index (χ0v) is 12.3. The fraction of sp³-hybridized carbons (Fsp3) is 0.188. The van der Waals surface area contributed by atoms with Crippen molar-refractivity contribution >= 4 is 23.2 Å². The molecule has 0 bridgehead atoms. The molecule has 1 atom stereocenters. The van der Waals surface area contributed by atoms with Crippen LogP contribution in [0.3, 0.4) is 0 Å². The van der Waals surface area contributed by atoms with E-state index in [9.17, 15) is 4.79 Å². The zero-order valence-electron chi connectivity index (χ0n) is 11.5. The predicted octanol–water partition coefficient (Wildman–Crippen LogP) is 3.76. The summed E-state index contributed by atoms with van der Waals surface area (Å²) in [5.74, 6) is -0.0790. The third kappa shape index (κ3) is 2.94. The molecule has 4 heteroatoms. The molecular weight excluding hydrogens is 272 g/mol. The molecule has 0 aromatic heterocycles. The fourth-order valence-corrected chi connectivity index (χ4v) is 2.13. The van der Waals surface area contributed by atoms with E-state index in [0.717, 1.165) is 5.56 Å². The van der Waals surface area contributed by atoms with Crippen molar-refractivity contribution < 1.29 is 4.79 Å². The minimum atomic E-state index is -0.0790. The number of nitrogens with two attached hydrogens (primary N) is 1. The second-order valence-electron chi connectivity index (χ2n) is 4.74. The van der Waals surface area contributed by atoms with Gasteiger partial charge in [-0.05, 0) is 30.7 Å². The van der Waals surface area contributed by atoms with Crippen molar-refractivity contribution in [3.05, 3.63) is 64.7 Å². The topological polar surface area (TPSA) is 46.3 Å². The highest BCUT2D eigenvalue weighted by Gasteiger charge is 2.19. The normalized spacial score (nSPS) is 11.9. The van der Waals surface area contributed by atoms with E-state index in [0.29, 0.717) is 16.3 Å². The maximum Gasteiger partial charge on any atom is 0.254 e. The van der Waals surface area contributed by atoms with Crippen LogP contribution < -0.4 is 5.73 Å². The van der Waals surface area contributed by atoms with Gasteiger partial charge in [0.15, 0.2) is 0 Å². The van der Waals surface area contributed by atoms with E-state index in [-0.39, 0.29) is 11.9 Å². The first kappa shape index (κ1) is 14.4. The van der Waals surface area contributed by atoms with Gasteiger partial charge in [-0.25, -0.2) is 0 Å². The van der Waals surface area contributed by atoms with Crippen LogP contribution in [-0.2, 0) is 0 Å². The van der Waals surface area contributed by atoms with E-state index in [1.807, 2.05) is 37.3 Å². The first-order chi connectivity index (χ1) is 9.50. The van der Waals surface area contributed by atoms with Gasteiger partial charge in [-0.1, -0.05) is 41.9 Å². The number of halogens is 1. The second-order valence-corrected chi connectivity index (χ2v) is 5.15. The molecule has 0 radical (unpaired) electrons. The predicted molar refractivity (Wildman–Crippen MR) is 82.8 cm³/mol. The molecule has 3 nitrogen and oxygen atoms in total. The van der Waals surface area contributed by atoms with Gasteiger partial charge in [-0.2, -0.15) is 0 Å². The lowest BCUT2D eigenvalue weighted by atomic mass is 10.1. The second kappa shape index (κ2) is 5.97. The molecule has 1 amide bonds. The molecular formula is C16H17ClN2O. The van der Waals surface area contributed by atoms with Gasteiger partial charge in [0.25, 0.3) is 5.91 Å². The van der Waals surface area contributed by atoms with Gasteiger partial charge in [-0.3, -0.25) is 4.79 Å². The number of carbonyl (C=O) groups is 1. The molecule has 104 valence electrons. The van der Waals surface area contributed by atoms with Crippen LogP contribution in [0.2, 0.25) is 5.02 Å². The Kier molecular flexibility index (Phi) is 4.30. The Bertz CT molecular complexity index is 613. The fourth-order valence-electron chi connectivity index (χ4n) is 2.01. The number of hydrogen-bond donors (Lipinski definition) is 1. The van der Waals surface area contributed by atoms with Crippen LogP contribution in [0, 0.1) is 0 Å². The number of hydrogen-bond acceptors (Lipinski definition) is 2. The average Bonchev–Trinajstić information content (AvgIpc) is 2.48. The molecule has 0 aliphatic heterocycles. The Morgan fingerprint density at radius 2 is 1.85 bits per heavy atom. The molecule has 20 heavy (non-hydrogen) atoms. The van der Waals surface area contributed by atoms with Crippen molar-refractivity contribution in [3.63, 3.8) is 0 Å². The molecule has 2 N–H and O–H groups in total. The van der Waals surface area contributed by atoms with Crippen LogP contribution >= 0.6 is 11.6 Å². The van der Waals surface area contributed by atoms with Crippen molar-refractivity contribution in [2.45, 2.75) is 13.0 Å². The summed E-state index contributed by atoms with van der Waals surface area (Å²) in [6.07, 6.45) is 0. The van der Waals surface area contributed by atoms with Crippen LogP contribution in [0.25, 0.3) is 0 Å². The summed E-state index contributed by atoms with van der Waals surface area (Å²) in [6.45, 7) is 1.99. The van der Waals surface area contributed by atoms with Gasteiger partial charge in [0.1, 0.15) is 0 Å². The molecule has 2 aromatic rings. The number of carbonyl (C=O) groups excluding carboxylic acids is 1. The van der Waals surface area contributed by atoms with Crippen molar-refractivity contribution in [2.75, 3.05) is 12.8 Å². The van der Waals surface area contributed by atoms with Crippen LogP contribution in [0.1, 0.15) is 28.9 Å². The van der Waals surface area contributed by atoms with Gasteiger partial charge in [0, 0.05) is 12.6 Å². The SMILES string of the molecule is CC(c1ccccc1)N(C)C(=O)c1ccc(Cl)c(N)c1. The van der Waals surface area contributed by atoms with Crippen LogP contribution in [0.15, 0.2) is 48.5 Å². The maximum absolute atomic E-state index is 12.5. The molecule has 0 saturated carbocycles. The first-order valence-electron chi connectivity index (χ1n) is 6.38. The van der Waals surface area contributed by atoms with E-state index >= 15 is 0 Å². The highest BCUT2D eigenvalue weighted by molar-refractivity contribution is 6.33. The van der Waals surface area contributed by atoms with E-state index in [2.05, 4.69) is 0 Å². The lowest BCUT2D eigenvalue weighted by Crippen LogP contribution is -2.29. The number of amides is 1. The summed E-state index contributed by atoms with van der Waals surface area (Å²) >= 11 is 5.87.